The van der Waals surface area contributed by atoms with Crippen LogP contribution in [-0.2, 0) is 23.0 Å². The van der Waals surface area contributed by atoms with E-state index in [1.54, 1.807) is 20.8 Å². The van der Waals surface area contributed by atoms with Crippen LogP contribution in [0.1, 0.15) is 49.5 Å². The molecule has 0 aliphatic heterocycles. The van der Waals surface area contributed by atoms with Gasteiger partial charge in [0.1, 0.15) is 6.33 Å². The van der Waals surface area contributed by atoms with Crippen molar-refractivity contribution in [3.05, 3.63) is 33.2 Å². The Morgan fingerprint density at radius 2 is 2.00 bits per heavy atom. The number of nitrogens with two attached hydrogens (primary N) is 1. The van der Waals surface area contributed by atoms with Crippen LogP contribution in [0.4, 0.5) is 5.82 Å². The topological polar surface area (TPSA) is 133 Å². The summed E-state index contributed by atoms with van der Waals surface area (Å²) in [4.78, 5) is 26.3. The van der Waals surface area contributed by atoms with Gasteiger partial charge in [0.2, 0.25) is 10.0 Å². The van der Waals surface area contributed by atoms with E-state index in [9.17, 15) is 13.2 Å². The molecule has 2 heterocycles. The molecule has 0 amide bonds. The lowest BCUT2D eigenvalue weighted by Crippen LogP contribution is -2.39. The summed E-state index contributed by atoms with van der Waals surface area (Å²) in [6.07, 6.45) is 3.27. The Bertz CT molecular complexity index is 1350. The first kappa shape index (κ1) is 24.4. The number of ketones is 1. The standard InChI is InChI=1S/C21H25IN6O3S2/c1-21(2,3)33(30,31)26-7-4-8-28-19-17(18(23)24-11-25-19)27-20(28)32-16-10-13-12(9-14(16)22)5-6-15(13)29/h9-11,26H,4-8H2,1-3H3,(H2,23,24,25). The maximum atomic E-state index is 12.3. The number of carbonyl (C=O) groups is 1. The first-order valence-electron chi connectivity index (χ1n) is 10.5. The molecule has 0 fully saturated rings. The van der Waals surface area contributed by atoms with Crippen LogP contribution >= 0.6 is 34.4 Å². The SMILES string of the molecule is CC(C)(C)S(=O)(=O)NCCCn1c(Sc2cc3c(cc2I)CCC3=O)nc2c(N)ncnc21. The molecule has 9 nitrogen and oxygen atoms in total. The van der Waals surface area contributed by atoms with Crippen LogP contribution < -0.4 is 10.5 Å². The van der Waals surface area contributed by atoms with Crippen LogP contribution in [0.15, 0.2) is 28.5 Å². The lowest BCUT2D eigenvalue weighted by Gasteiger charge is -2.19. The number of nitrogens with one attached hydrogen (secondary N) is 1. The number of imidazole rings is 1. The lowest BCUT2D eigenvalue weighted by molar-refractivity contribution is 0.0994. The van der Waals surface area contributed by atoms with E-state index < -0.39 is 14.8 Å². The number of halogens is 1. The highest BCUT2D eigenvalue weighted by molar-refractivity contribution is 14.1. The summed E-state index contributed by atoms with van der Waals surface area (Å²) in [5.74, 6) is 0.450. The second kappa shape index (κ2) is 9.12. The molecule has 1 aliphatic carbocycles. The number of fused-ring (bicyclic) bond motifs is 2. The van der Waals surface area contributed by atoms with Gasteiger partial charge in [0.25, 0.3) is 0 Å². The molecule has 0 unspecified atom stereocenters. The van der Waals surface area contributed by atoms with Crippen molar-refractivity contribution in [3.63, 3.8) is 0 Å². The van der Waals surface area contributed by atoms with Gasteiger partial charge in [-0.2, -0.15) is 0 Å². The van der Waals surface area contributed by atoms with E-state index in [-0.39, 0.29) is 18.1 Å². The third-order valence-corrected chi connectivity index (χ3v) is 9.97. The van der Waals surface area contributed by atoms with Crippen LogP contribution in [0.2, 0.25) is 0 Å². The predicted octanol–water partition coefficient (Wildman–Crippen LogP) is 3.40. The predicted molar refractivity (Wildman–Crippen MR) is 137 cm³/mol. The molecule has 0 atom stereocenters. The molecule has 3 aromatic rings. The molecule has 0 spiro atoms. The monoisotopic (exact) mass is 600 g/mol. The Balaban J connectivity index is 1.62. The summed E-state index contributed by atoms with van der Waals surface area (Å²) in [7, 11) is -3.42. The summed E-state index contributed by atoms with van der Waals surface area (Å²) in [5, 5.41) is 0.666. The van der Waals surface area contributed by atoms with E-state index >= 15 is 0 Å². The van der Waals surface area contributed by atoms with Gasteiger partial charge in [-0.1, -0.05) is 11.8 Å². The number of anilines is 1. The van der Waals surface area contributed by atoms with E-state index in [4.69, 9.17) is 5.73 Å². The van der Waals surface area contributed by atoms with Crippen molar-refractivity contribution in [2.75, 3.05) is 12.3 Å². The number of benzene rings is 1. The number of carbonyl (C=O) groups excluding carboxylic acids is 1. The minimum absolute atomic E-state index is 0.165. The van der Waals surface area contributed by atoms with Crippen molar-refractivity contribution in [2.45, 2.75) is 61.4 Å². The van der Waals surface area contributed by atoms with Gasteiger partial charge in [0, 0.05) is 33.5 Å². The molecule has 176 valence electrons. The smallest absolute Gasteiger partial charge is 0.216 e. The van der Waals surface area contributed by atoms with Crippen molar-refractivity contribution >= 4 is 67.1 Å². The largest absolute Gasteiger partial charge is 0.382 e. The van der Waals surface area contributed by atoms with Gasteiger partial charge in [-0.05, 0) is 73.9 Å². The molecule has 2 aromatic heterocycles. The lowest BCUT2D eigenvalue weighted by atomic mass is 10.1. The summed E-state index contributed by atoms with van der Waals surface area (Å²) in [6.45, 7) is 5.76. The summed E-state index contributed by atoms with van der Waals surface area (Å²) < 4.78 is 29.4. The second-order valence-corrected chi connectivity index (χ2v) is 13.5. The third kappa shape index (κ3) is 4.88. The molecular formula is C21H25IN6O3S2. The molecule has 0 saturated heterocycles. The molecule has 0 bridgehead atoms. The van der Waals surface area contributed by atoms with E-state index in [2.05, 4.69) is 48.3 Å². The molecule has 0 radical (unpaired) electrons. The molecule has 1 aliphatic rings. The Hall–Kier alpha value is -1.77. The van der Waals surface area contributed by atoms with Gasteiger partial charge in [-0.15, -0.1) is 0 Å². The average Bonchev–Trinajstić information content (AvgIpc) is 3.26. The van der Waals surface area contributed by atoms with Gasteiger partial charge < -0.3 is 10.3 Å². The molecule has 4 rings (SSSR count). The number of hydrogen-bond acceptors (Lipinski definition) is 8. The van der Waals surface area contributed by atoms with Gasteiger partial charge in [0.15, 0.2) is 27.9 Å². The highest BCUT2D eigenvalue weighted by Gasteiger charge is 2.28. The van der Waals surface area contributed by atoms with Gasteiger partial charge in [0.05, 0.1) is 4.75 Å². The van der Waals surface area contributed by atoms with Crippen molar-refractivity contribution in [2.24, 2.45) is 0 Å². The average molecular weight is 601 g/mol. The molecule has 33 heavy (non-hydrogen) atoms. The number of aromatic nitrogens is 4. The van der Waals surface area contributed by atoms with Crippen LogP contribution in [0.3, 0.4) is 0 Å². The number of nitrogen functional groups attached to an aromatic ring is 1. The third-order valence-electron chi connectivity index (χ3n) is 5.46. The molecule has 1 aromatic carbocycles. The highest BCUT2D eigenvalue weighted by atomic mass is 127. The Kier molecular flexibility index (Phi) is 6.73. The van der Waals surface area contributed by atoms with E-state index in [0.717, 1.165) is 26.0 Å². The van der Waals surface area contributed by atoms with Crippen molar-refractivity contribution in [3.8, 4) is 0 Å². The number of sulfonamides is 1. The first-order chi connectivity index (χ1) is 15.5. The number of nitrogens with zero attached hydrogens (tertiary/aromatic N) is 4. The van der Waals surface area contributed by atoms with E-state index in [1.165, 1.54) is 18.1 Å². The van der Waals surface area contributed by atoms with Gasteiger partial charge >= 0.3 is 0 Å². The summed E-state index contributed by atoms with van der Waals surface area (Å²) in [6, 6.07) is 4.00. The summed E-state index contributed by atoms with van der Waals surface area (Å²) in [5.41, 5.74) is 9.00. The number of hydrogen-bond donors (Lipinski definition) is 2. The maximum absolute atomic E-state index is 12.3. The van der Waals surface area contributed by atoms with E-state index in [0.29, 0.717) is 35.7 Å². The Labute approximate surface area is 210 Å². The molecular weight excluding hydrogens is 575 g/mol. The first-order valence-corrected chi connectivity index (χ1v) is 13.8. The highest BCUT2D eigenvalue weighted by Crippen LogP contribution is 2.37. The number of rotatable bonds is 7. The number of Topliss-reactive ketones (excluding diaryl/α,β-unsaturated/α-hetero) is 1. The van der Waals surface area contributed by atoms with Crippen LogP contribution in [-0.4, -0.2) is 45.0 Å². The minimum atomic E-state index is -3.42. The summed E-state index contributed by atoms with van der Waals surface area (Å²) >= 11 is 3.72. The normalized spacial score (nSPS) is 14.2. The zero-order chi connectivity index (χ0) is 24.0. The zero-order valence-corrected chi connectivity index (χ0v) is 22.3. The zero-order valence-electron chi connectivity index (χ0n) is 18.6. The maximum Gasteiger partial charge on any atom is 0.216 e. The Morgan fingerprint density at radius 1 is 1.24 bits per heavy atom. The van der Waals surface area contributed by atoms with Crippen LogP contribution in [0.25, 0.3) is 11.2 Å². The van der Waals surface area contributed by atoms with E-state index in [1.807, 2.05) is 10.6 Å². The quantitative estimate of drug-likeness (QED) is 0.312. The van der Waals surface area contributed by atoms with Gasteiger partial charge in [-0.25, -0.2) is 28.1 Å². The molecule has 0 saturated carbocycles. The fraction of sp³-hybridized carbons (Fsp3) is 0.429. The van der Waals surface area contributed by atoms with Gasteiger partial charge in [-0.3, -0.25) is 4.79 Å². The Morgan fingerprint density at radius 3 is 2.73 bits per heavy atom. The number of aryl methyl sites for hydroxylation is 2. The minimum Gasteiger partial charge on any atom is -0.382 e. The van der Waals surface area contributed by atoms with Crippen molar-refractivity contribution in [1.82, 2.24) is 24.2 Å². The molecule has 12 heteroatoms. The fourth-order valence-electron chi connectivity index (χ4n) is 3.49. The fourth-order valence-corrected chi connectivity index (χ4v) is 6.16. The van der Waals surface area contributed by atoms with Crippen molar-refractivity contribution < 1.29 is 13.2 Å². The van der Waals surface area contributed by atoms with Crippen LogP contribution in [0.5, 0.6) is 0 Å². The molecule has 3 N–H and O–H groups in total. The van der Waals surface area contributed by atoms with Crippen molar-refractivity contribution in [1.29, 1.82) is 0 Å². The van der Waals surface area contributed by atoms with Crippen LogP contribution in [0, 0.1) is 3.57 Å². The second-order valence-electron chi connectivity index (χ2n) is 8.81.